The van der Waals surface area contributed by atoms with Gasteiger partial charge in [0.15, 0.2) is 0 Å². The number of nitrogens with zero attached hydrogens (tertiary/aromatic N) is 3. The van der Waals surface area contributed by atoms with Crippen LogP contribution in [-0.2, 0) is 13.0 Å². The van der Waals surface area contributed by atoms with E-state index in [1.807, 2.05) is 17.3 Å². The lowest BCUT2D eigenvalue weighted by atomic mass is 9.97. The molecular weight excluding hydrogens is 344 g/mol. The summed E-state index contributed by atoms with van der Waals surface area (Å²) in [5.41, 5.74) is 0.671. The molecule has 0 bridgehead atoms. The van der Waals surface area contributed by atoms with Gasteiger partial charge in [0.1, 0.15) is 17.3 Å². The Morgan fingerprint density at radius 1 is 1.19 bits per heavy atom. The number of aryl methyl sites for hydroxylation is 1. The molecule has 0 unspecified atom stereocenters. The molecule has 3 rings (SSSR count). The fourth-order valence-corrected chi connectivity index (χ4v) is 3.50. The highest BCUT2D eigenvalue weighted by molar-refractivity contribution is 5.89. The first-order valence-electron chi connectivity index (χ1n) is 9.42. The molecule has 0 saturated carbocycles. The van der Waals surface area contributed by atoms with E-state index < -0.39 is 0 Å². The van der Waals surface area contributed by atoms with Gasteiger partial charge in [-0.2, -0.15) is 0 Å². The molecule has 146 valence electrons. The number of urea groups is 1. The number of rotatable bonds is 6. The maximum atomic E-state index is 12.6. The first-order chi connectivity index (χ1) is 13.1. The molecule has 1 aliphatic rings. The van der Waals surface area contributed by atoms with E-state index in [-0.39, 0.29) is 6.03 Å². The largest absolute Gasteiger partial charge is 0.497 e. The summed E-state index contributed by atoms with van der Waals surface area (Å²) in [6, 6.07) is 5.28. The van der Waals surface area contributed by atoms with Crippen molar-refractivity contribution in [3.63, 3.8) is 0 Å². The minimum atomic E-state index is -0.0827. The number of likely N-dealkylation sites (tertiary alicyclic amines) is 1. The normalized spacial score (nSPS) is 14.9. The number of imidazole rings is 1. The van der Waals surface area contributed by atoms with Crippen molar-refractivity contribution >= 4 is 11.7 Å². The third-order valence-electron chi connectivity index (χ3n) is 5.08. The van der Waals surface area contributed by atoms with Crippen molar-refractivity contribution in [3.05, 3.63) is 36.4 Å². The van der Waals surface area contributed by atoms with Crippen molar-refractivity contribution in [2.24, 2.45) is 5.92 Å². The Morgan fingerprint density at radius 3 is 2.44 bits per heavy atom. The van der Waals surface area contributed by atoms with Gasteiger partial charge in [-0.15, -0.1) is 0 Å². The monoisotopic (exact) mass is 372 g/mol. The summed E-state index contributed by atoms with van der Waals surface area (Å²) in [5, 5.41) is 2.95. The molecule has 1 aromatic carbocycles. The van der Waals surface area contributed by atoms with Crippen LogP contribution in [0.3, 0.4) is 0 Å². The van der Waals surface area contributed by atoms with Crippen LogP contribution in [0.25, 0.3) is 0 Å². The quantitative estimate of drug-likeness (QED) is 0.844. The summed E-state index contributed by atoms with van der Waals surface area (Å²) >= 11 is 0. The van der Waals surface area contributed by atoms with Crippen LogP contribution in [0.15, 0.2) is 30.6 Å². The minimum Gasteiger partial charge on any atom is -0.497 e. The number of aromatic nitrogens is 2. The Kier molecular flexibility index (Phi) is 6.21. The number of piperidine rings is 1. The SMILES string of the molecule is CCc1nccn1CC1CCN(C(=O)Nc2cc(OC)cc(OC)c2)CC1. The number of carbonyl (C=O) groups excluding carboxylic acids is 1. The van der Waals surface area contributed by atoms with Crippen LogP contribution < -0.4 is 14.8 Å². The molecule has 1 saturated heterocycles. The summed E-state index contributed by atoms with van der Waals surface area (Å²) in [5.74, 6) is 3.00. The molecule has 2 amide bonds. The van der Waals surface area contributed by atoms with Gasteiger partial charge in [0.25, 0.3) is 0 Å². The zero-order chi connectivity index (χ0) is 19.2. The van der Waals surface area contributed by atoms with E-state index in [0.717, 1.165) is 44.7 Å². The molecule has 7 nitrogen and oxygen atoms in total. The second kappa shape index (κ2) is 8.79. The number of hydrogen-bond donors (Lipinski definition) is 1. The van der Waals surface area contributed by atoms with Crippen LogP contribution in [0.5, 0.6) is 11.5 Å². The van der Waals surface area contributed by atoms with E-state index in [9.17, 15) is 4.79 Å². The van der Waals surface area contributed by atoms with E-state index >= 15 is 0 Å². The molecule has 27 heavy (non-hydrogen) atoms. The lowest BCUT2D eigenvalue weighted by molar-refractivity contribution is 0.176. The van der Waals surface area contributed by atoms with Crippen molar-refractivity contribution in [1.82, 2.24) is 14.5 Å². The molecule has 1 N–H and O–H groups in total. The third-order valence-corrected chi connectivity index (χ3v) is 5.08. The number of benzene rings is 1. The number of hydrogen-bond acceptors (Lipinski definition) is 4. The van der Waals surface area contributed by atoms with Gasteiger partial charge in [0, 0.05) is 62.3 Å². The molecule has 0 aliphatic carbocycles. The highest BCUT2D eigenvalue weighted by Gasteiger charge is 2.23. The fraction of sp³-hybridized carbons (Fsp3) is 0.500. The van der Waals surface area contributed by atoms with Crippen LogP contribution in [0.4, 0.5) is 10.5 Å². The van der Waals surface area contributed by atoms with Crippen LogP contribution in [0, 0.1) is 5.92 Å². The molecule has 0 atom stereocenters. The highest BCUT2D eigenvalue weighted by atomic mass is 16.5. The van der Waals surface area contributed by atoms with Gasteiger partial charge >= 0.3 is 6.03 Å². The lowest BCUT2D eigenvalue weighted by Crippen LogP contribution is -2.41. The lowest BCUT2D eigenvalue weighted by Gasteiger charge is -2.32. The van der Waals surface area contributed by atoms with Crippen LogP contribution in [-0.4, -0.2) is 47.8 Å². The summed E-state index contributed by atoms with van der Waals surface area (Å²) in [6.45, 7) is 4.62. The minimum absolute atomic E-state index is 0.0827. The standard InChI is InChI=1S/C20H28N4O3/c1-4-19-21-7-10-24(19)14-15-5-8-23(9-6-15)20(25)22-16-11-17(26-2)13-18(12-16)27-3/h7,10-13,15H,4-6,8-9,14H2,1-3H3,(H,22,25). The van der Waals surface area contributed by atoms with Gasteiger partial charge in [-0.3, -0.25) is 0 Å². The van der Waals surface area contributed by atoms with Crippen molar-refractivity contribution in [2.45, 2.75) is 32.7 Å². The van der Waals surface area contributed by atoms with Gasteiger partial charge in [-0.25, -0.2) is 9.78 Å². The fourth-order valence-electron chi connectivity index (χ4n) is 3.50. The molecule has 1 fully saturated rings. The van der Waals surface area contributed by atoms with Crippen LogP contribution in [0.2, 0.25) is 0 Å². The highest BCUT2D eigenvalue weighted by Crippen LogP contribution is 2.26. The van der Waals surface area contributed by atoms with Crippen molar-refractivity contribution in [3.8, 4) is 11.5 Å². The van der Waals surface area contributed by atoms with Gasteiger partial charge in [-0.1, -0.05) is 6.92 Å². The van der Waals surface area contributed by atoms with Crippen molar-refractivity contribution < 1.29 is 14.3 Å². The predicted molar refractivity (Wildman–Crippen MR) is 104 cm³/mol. The second-order valence-corrected chi connectivity index (χ2v) is 6.81. The van der Waals surface area contributed by atoms with E-state index in [2.05, 4.69) is 21.8 Å². The summed E-state index contributed by atoms with van der Waals surface area (Å²) in [7, 11) is 3.19. The van der Waals surface area contributed by atoms with Crippen molar-refractivity contribution in [2.75, 3.05) is 32.6 Å². The zero-order valence-corrected chi connectivity index (χ0v) is 16.3. The number of ether oxygens (including phenoxy) is 2. The van der Waals surface area contributed by atoms with Gasteiger partial charge in [0.05, 0.1) is 14.2 Å². The Balaban J connectivity index is 1.54. The Labute approximate surface area is 160 Å². The maximum absolute atomic E-state index is 12.6. The summed E-state index contributed by atoms with van der Waals surface area (Å²) in [4.78, 5) is 18.9. The number of carbonyl (C=O) groups is 1. The number of nitrogens with one attached hydrogen (secondary N) is 1. The predicted octanol–water partition coefficient (Wildman–Crippen LogP) is 3.41. The summed E-state index contributed by atoms with van der Waals surface area (Å²) in [6.07, 6.45) is 6.85. The zero-order valence-electron chi connectivity index (χ0n) is 16.3. The topological polar surface area (TPSA) is 68.6 Å². The third kappa shape index (κ3) is 4.72. The van der Waals surface area contributed by atoms with E-state index in [1.54, 1.807) is 32.4 Å². The second-order valence-electron chi connectivity index (χ2n) is 6.81. The smallest absolute Gasteiger partial charge is 0.321 e. The van der Waals surface area contributed by atoms with Gasteiger partial charge < -0.3 is 24.3 Å². The van der Waals surface area contributed by atoms with Gasteiger partial charge in [0.2, 0.25) is 0 Å². The van der Waals surface area contributed by atoms with Crippen LogP contribution in [0.1, 0.15) is 25.6 Å². The molecular formula is C20H28N4O3. The first kappa shape index (κ1) is 19.1. The van der Waals surface area contributed by atoms with E-state index in [4.69, 9.17) is 9.47 Å². The molecule has 0 spiro atoms. The molecule has 0 radical (unpaired) electrons. The maximum Gasteiger partial charge on any atom is 0.321 e. The van der Waals surface area contributed by atoms with E-state index in [0.29, 0.717) is 23.1 Å². The molecule has 1 aliphatic heterocycles. The molecule has 2 aromatic rings. The average molecular weight is 372 g/mol. The number of anilines is 1. The Hall–Kier alpha value is -2.70. The number of amides is 2. The summed E-state index contributed by atoms with van der Waals surface area (Å²) < 4.78 is 12.7. The first-order valence-corrected chi connectivity index (χ1v) is 9.42. The molecule has 1 aromatic heterocycles. The van der Waals surface area contributed by atoms with E-state index in [1.165, 1.54) is 0 Å². The van der Waals surface area contributed by atoms with Crippen LogP contribution >= 0.6 is 0 Å². The molecule has 7 heteroatoms. The Morgan fingerprint density at radius 2 is 1.85 bits per heavy atom. The average Bonchev–Trinajstić information content (AvgIpc) is 3.15. The van der Waals surface area contributed by atoms with Crippen molar-refractivity contribution in [1.29, 1.82) is 0 Å². The van der Waals surface area contributed by atoms with Gasteiger partial charge in [-0.05, 0) is 18.8 Å². The number of methoxy groups -OCH3 is 2. The molecule has 2 heterocycles. The Bertz CT molecular complexity index is 744.